The number of aryl methyl sites for hydroxylation is 2. The van der Waals surface area contributed by atoms with Crippen molar-refractivity contribution in [1.29, 1.82) is 5.26 Å². The molecule has 1 heterocycles. The summed E-state index contributed by atoms with van der Waals surface area (Å²) >= 11 is 1.33. The Bertz CT molecular complexity index is 1440. The number of pyridine rings is 1. The minimum absolute atomic E-state index is 0.113. The number of rotatable bonds is 8. The molecular formula is C31H29N3O2S. The van der Waals surface area contributed by atoms with Gasteiger partial charge in [0.2, 0.25) is 5.91 Å². The van der Waals surface area contributed by atoms with Crippen molar-refractivity contribution in [2.45, 2.75) is 37.5 Å². The highest BCUT2D eigenvalue weighted by atomic mass is 32.2. The van der Waals surface area contributed by atoms with Crippen LogP contribution in [0.2, 0.25) is 0 Å². The zero-order chi connectivity index (χ0) is 26.4. The van der Waals surface area contributed by atoms with Gasteiger partial charge in [-0.25, -0.2) is 4.98 Å². The number of nitriles is 1. The van der Waals surface area contributed by atoms with E-state index in [1.54, 1.807) is 7.11 Å². The third-order valence-electron chi connectivity index (χ3n) is 6.26. The first-order valence-corrected chi connectivity index (χ1v) is 13.0. The van der Waals surface area contributed by atoms with Crippen LogP contribution in [0.5, 0.6) is 5.75 Å². The van der Waals surface area contributed by atoms with Crippen LogP contribution in [0.3, 0.4) is 0 Å². The number of nitrogens with zero attached hydrogens (tertiary/aromatic N) is 2. The lowest BCUT2D eigenvalue weighted by Gasteiger charge is -2.18. The van der Waals surface area contributed by atoms with Crippen molar-refractivity contribution in [3.63, 3.8) is 0 Å². The molecule has 0 saturated carbocycles. The standard InChI is InChI=1S/C31H29N3O2S/c1-5-29(30(35)33-24-14-11-20(2)21(3)17-24)37-31-27(19-32)26(22-12-15-25(36-4)16-13-22)18-28(34-31)23-9-7-6-8-10-23/h6-18,29H,5H2,1-4H3,(H,33,35). The molecule has 0 aliphatic carbocycles. The van der Waals surface area contributed by atoms with Crippen LogP contribution in [0, 0.1) is 25.2 Å². The van der Waals surface area contributed by atoms with E-state index >= 15 is 0 Å². The molecule has 0 bridgehead atoms. The lowest BCUT2D eigenvalue weighted by atomic mass is 9.99. The van der Waals surface area contributed by atoms with Gasteiger partial charge in [-0.2, -0.15) is 5.26 Å². The van der Waals surface area contributed by atoms with Gasteiger partial charge in [0.25, 0.3) is 0 Å². The number of aromatic nitrogens is 1. The van der Waals surface area contributed by atoms with Gasteiger partial charge in [-0.15, -0.1) is 0 Å². The molecule has 1 amide bonds. The van der Waals surface area contributed by atoms with E-state index in [1.165, 1.54) is 17.3 Å². The fraction of sp³-hybridized carbons (Fsp3) is 0.194. The fourth-order valence-corrected chi connectivity index (χ4v) is 5.00. The first kappa shape index (κ1) is 26.0. The van der Waals surface area contributed by atoms with E-state index in [4.69, 9.17) is 9.72 Å². The number of nitrogens with one attached hydrogen (secondary N) is 1. The zero-order valence-corrected chi connectivity index (χ0v) is 22.2. The average molecular weight is 508 g/mol. The topological polar surface area (TPSA) is 75.0 Å². The van der Waals surface area contributed by atoms with Crippen LogP contribution in [0.1, 0.15) is 30.0 Å². The van der Waals surface area contributed by atoms with Crippen LogP contribution < -0.4 is 10.1 Å². The Kier molecular flexibility index (Phi) is 8.27. The highest BCUT2D eigenvalue weighted by Gasteiger charge is 2.23. The van der Waals surface area contributed by atoms with Crippen molar-refractivity contribution >= 4 is 23.4 Å². The number of anilines is 1. The average Bonchev–Trinajstić information content (AvgIpc) is 2.93. The van der Waals surface area contributed by atoms with Gasteiger partial charge in [-0.05, 0) is 67.3 Å². The van der Waals surface area contributed by atoms with E-state index in [9.17, 15) is 10.1 Å². The maximum atomic E-state index is 13.3. The lowest BCUT2D eigenvalue weighted by Crippen LogP contribution is -2.25. The largest absolute Gasteiger partial charge is 0.497 e. The Morgan fingerprint density at radius 3 is 2.35 bits per heavy atom. The number of benzene rings is 3. The summed E-state index contributed by atoms with van der Waals surface area (Å²) in [5.41, 5.74) is 6.84. The van der Waals surface area contributed by atoms with E-state index in [1.807, 2.05) is 99.6 Å². The molecule has 37 heavy (non-hydrogen) atoms. The first-order chi connectivity index (χ1) is 17.9. The predicted octanol–water partition coefficient (Wildman–Crippen LogP) is 7.42. The van der Waals surface area contributed by atoms with Crippen LogP contribution in [-0.4, -0.2) is 23.3 Å². The number of amides is 1. The van der Waals surface area contributed by atoms with Gasteiger partial charge >= 0.3 is 0 Å². The summed E-state index contributed by atoms with van der Waals surface area (Å²) in [6, 6.07) is 27.6. The molecule has 1 aromatic heterocycles. The lowest BCUT2D eigenvalue weighted by molar-refractivity contribution is -0.115. The molecule has 5 nitrogen and oxygen atoms in total. The molecule has 4 aromatic rings. The molecule has 0 spiro atoms. The number of methoxy groups -OCH3 is 1. The molecule has 0 aliphatic rings. The van der Waals surface area contributed by atoms with Gasteiger partial charge < -0.3 is 10.1 Å². The van der Waals surface area contributed by atoms with E-state index in [0.29, 0.717) is 17.0 Å². The molecule has 1 N–H and O–H groups in total. The summed E-state index contributed by atoms with van der Waals surface area (Å²) in [4.78, 5) is 18.1. The highest BCUT2D eigenvalue weighted by molar-refractivity contribution is 8.00. The summed E-state index contributed by atoms with van der Waals surface area (Å²) in [6.07, 6.45) is 0.585. The molecule has 0 fully saturated rings. The van der Waals surface area contributed by atoms with Gasteiger partial charge in [-0.3, -0.25) is 4.79 Å². The summed E-state index contributed by atoms with van der Waals surface area (Å²) in [6.45, 7) is 6.03. The second-order valence-electron chi connectivity index (χ2n) is 8.74. The Labute approximate surface area is 222 Å². The van der Waals surface area contributed by atoms with Crippen molar-refractivity contribution in [2.24, 2.45) is 0 Å². The van der Waals surface area contributed by atoms with Gasteiger partial charge in [0.05, 0.1) is 23.6 Å². The molecule has 0 aliphatic heterocycles. The second-order valence-corrected chi connectivity index (χ2v) is 9.94. The molecule has 4 rings (SSSR count). The maximum Gasteiger partial charge on any atom is 0.237 e. The quantitative estimate of drug-likeness (QED) is 0.251. The van der Waals surface area contributed by atoms with Crippen LogP contribution in [0.15, 0.2) is 83.9 Å². The SMILES string of the molecule is CCC(Sc1nc(-c2ccccc2)cc(-c2ccc(OC)cc2)c1C#N)C(=O)Nc1ccc(C)c(C)c1. The van der Waals surface area contributed by atoms with Crippen LogP contribution in [0.25, 0.3) is 22.4 Å². The minimum atomic E-state index is -0.420. The molecule has 3 aromatic carbocycles. The third-order valence-corrected chi connectivity index (χ3v) is 7.61. The monoisotopic (exact) mass is 507 g/mol. The smallest absolute Gasteiger partial charge is 0.237 e. The summed E-state index contributed by atoms with van der Waals surface area (Å²) in [7, 11) is 1.62. The normalized spacial score (nSPS) is 11.4. The van der Waals surface area contributed by atoms with Gasteiger partial charge in [0.15, 0.2) is 0 Å². The first-order valence-electron chi connectivity index (χ1n) is 12.1. The third kappa shape index (κ3) is 6.02. The molecule has 186 valence electrons. The van der Waals surface area contributed by atoms with Crippen LogP contribution in [0.4, 0.5) is 5.69 Å². The number of carbonyl (C=O) groups excluding carboxylic acids is 1. The van der Waals surface area contributed by atoms with Crippen molar-refractivity contribution < 1.29 is 9.53 Å². The fourth-order valence-electron chi connectivity index (χ4n) is 3.97. The van der Waals surface area contributed by atoms with E-state index < -0.39 is 5.25 Å². The van der Waals surface area contributed by atoms with Gasteiger partial charge in [0.1, 0.15) is 16.8 Å². The Hall–Kier alpha value is -4.08. The molecule has 0 radical (unpaired) electrons. The van der Waals surface area contributed by atoms with E-state index in [-0.39, 0.29) is 5.91 Å². The molecule has 6 heteroatoms. The highest BCUT2D eigenvalue weighted by Crippen LogP contribution is 2.37. The van der Waals surface area contributed by atoms with Crippen LogP contribution >= 0.6 is 11.8 Å². The van der Waals surface area contributed by atoms with E-state index in [2.05, 4.69) is 11.4 Å². The zero-order valence-electron chi connectivity index (χ0n) is 21.4. The molecule has 1 unspecified atom stereocenters. The maximum absolute atomic E-state index is 13.3. The van der Waals surface area contributed by atoms with Crippen molar-refractivity contribution in [1.82, 2.24) is 4.98 Å². The molecule has 1 atom stereocenters. The number of hydrogen-bond donors (Lipinski definition) is 1. The molecular weight excluding hydrogens is 478 g/mol. The van der Waals surface area contributed by atoms with Gasteiger partial charge in [-0.1, -0.05) is 67.2 Å². The van der Waals surface area contributed by atoms with Crippen LogP contribution in [-0.2, 0) is 4.79 Å². The number of hydrogen-bond acceptors (Lipinski definition) is 5. The summed E-state index contributed by atoms with van der Waals surface area (Å²) in [5.74, 6) is 0.626. The van der Waals surface area contributed by atoms with Crippen molar-refractivity contribution in [3.8, 4) is 34.2 Å². The minimum Gasteiger partial charge on any atom is -0.497 e. The van der Waals surface area contributed by atoms with Gasteiger partial charge in [0, 0.05) is 16.8 Å². The molecule has 0 saturated heterocycles. The summed E-state index contributed by atoms with van der Waals surface area (Å²) < 4.78 is 5.31. The van der Waals surface area contributed by atoms with E-state index in [0.717, 1.165) is 39.4 Å². The summed E-state index contributed by atoms with van der Waals surface area (Å²) in [5, 5.41) is 13.4. The Morgan fingerprint density at radius 2 is 1.73 bits per heavy atom. The number of ether oxygens (including phenoxy) is 1. The Balaban J connectivity index is 1.74. The van der Waals surface area contributed by atoms with Crippen molar-refractivity contribution in [3.05, 3.63) is 95.6 Å². The Morgan fingerprint density at radius 1 is 1.00 bits per heavy atom. The number of thioether (sulfide) groups is 1. The van der Waals surface area contributed by atoms with Crippen molar-refractivity contribution in [2.75, 3.05) is 12.4 Å². The predicted molar refractivity (Wildman–Crippen MR) is 151 cm³/mol. The second kappa shape index (κ2) is 11.8. The number of carbonyl (C=O) groups is 1.